The van der Waals surface area contributed by atoms with Crippen molar-refractivity contribution in [3.05, 3.63) is 172 Å². The van der Waals surface area contributed by atoms with Gasteiger partial charge in [-0.15, -0.1) is 0 Å². The van der Waals surface area contributed by atoms with Gasteiger partial charge in [-0.1, -0.05) is 137 Å². The average Bonchev–Trinajstić information content (AvgIpc) is 3.52. The number of carbonyl (C=O) groups is 2. The lowest BCUT2D eigenvalue weighted by Crippen LogP contribution is -2.50. The van der Waals surface area contributed by atoms with Crippen LogP contribution >= 0.6 is 15.9 Å². The zero-order chi connectivity index (χ0) is 28.7. The molecule has 1 saturated heterocycles. The van der Waals surface area contributed by atoms with Gasteiger partial charge in [-0.3, -0.25) is 14.9 Å². The first-order valence-electron chi connectivity index (χ1n) is 14.2. The molecule has 2 aliphatic rings. The van der Waals surface area contributed by atoms with E-state index in [0.29, 0.717) is 12.1 Å². The van der Waals surface area contributed by atoms with E-state index < -0.39 is 23.4 Å². The quantitative estimate of drug-likeness (QED) is 0.199. The molecule has 5 heteroatoms. The standard InChI is InChI=1S/C37H29BrN2O2/c38-29-22-20-27(21-23-29)34-32(35(41)28-16-8-3-9-17-28)33(26-14-6-2-7-15-26)37(39-34)30-18-10-11-19-31(30)40(36(37)42)24-25-12-4-1-5-13-25/h1-23,32-34,39H,24H2/t32-,33-,34-,37+/m0/s1. The third kappa shape index (κ3) is 4.32. The number of hydrogen-bond donors (Lipinski definition) is 1. The van der Waals surface area contributed by atoms with Crippen LogP contribution < -0.4 is 10.2 Å². The Balaban J connectivity index is 1.46. The molecule has 2 aliphatic heterocycles. The van der Waals surface area contributed by atoms with Gasteiger partial charge in [0, 0.05) is 33.2 Å². The first-order chi connectivity index (χ1) is 20.6. The van der Waals surface area contributed by atoms with Crippen LogP contribution in [-0.4, -0.2) is 11.7 Å². The number of fused-ring (bicyclic) bond motifs is 2. The molecule has 206 valence electrons. The average molecular weight is 614 g/mol. The SMILES string of the molecule is O=C(c1ccccc1)[C@@H]1[C@H](c2ccc(Br)cc2)N[C@@]2(C(=O)N(Cc3ccccc3)c3ccccc32)[C@H]1c1ccccc1. The Hall–Kier alpha value is -4.32. The predicted octanol–water partition coefficient (Wildman–Crippen LogP) is 7.82. The van der Waals surface area contributed by atoms with E-state index in [2.05, 4.69) is 39.4 Å². The van der Waals surface area contributed by atoms with E-state index >= 15 is 4.79 Å². The number of halogens is 1. The number of anilines is 1. The van der Waals surface area contributed by atoms with Gasteiger partial charge in [0.15, 0.2) is 5.78 Å². The van der Waals surface area contributed by atoms with Crippen molar-refractivity contribution in [3.63, 3.8) is 0 Å². The zero-order valence-corrected chi connectivity index (χ0v) is 24.4. The first-order valence-corrected chi connectivity index (χ1v) is 15.0. The maximum atomic E-state index is 15.1. The van der Waals surface area contributed by atoms with Gasteiger partial charge < -0.3 is 4.90 Å². The summed E-state index contributed by atoms with van der Waals surface area (Å²) in [6, 6.07) is 45.3. The van der Waals surface area contributed by atoms with Crippen molar-refractivity contribution in [2.24, 2.45) is 5.92 Å². The number of rotatable bonds is 6. The van der Waals surface area contributed by atoms with Crippen molar-refractivity contribution in [1.82, 2.24) is 5.32 Å². The lowest BCUT2D eigenvalue weighted by molar-refractivity contribution is -0.124. The highest BCUT2D eigenvalue weighted by atomic mass is 79.9. The van der Waals surface area contributed by atoms with Crippen molar-refractivity contribution >= 4 is 33.3 Å². The Morgan fingerprint density at radius 1 is 0.714 bits per heavy atom. The minimum atomic E-state index is -1.14. The van der Waals surface area contributed by atoms with Gasteiger partial charge in [-0.05, 0) is 34.9 Å². The Morgan fingerprint density at radius 2 is 1.31 bits per heavy atom. The van der Waals surface area contributed by atoms with Crippen LogP contribution in [0, 0.1) is 5.92 Å². The summed E-state index contributed by atoms with van der Waals surface area (Å²) in [4.78, 5) is 31.6. The first kappa shape index (κ1) is 26.6. The number of ketones is 1. The summed E-state index contributed by atoms with van der Waals surface area (Å²) < 4.78 is 0.959. The van der Waals surface area contributed by atoms with Crippen LogP contribution in [0.4, 0.5) is 5.69 Å². The van der Waals surface area contributed by atoms with Gasteiger partial charge in [0.1, 0.15) is 5.54 Å². The number of nitrogens with zero attached hydrogens (tertiary/aromatic N) is 1. The molecule has 0 aromatic heterocycles. The third-order valence-corrected chi connectivity index (χ3v) is 9.23. The number of para-hydroxylation sites is 1. The van der Waals surface area contributed by atoms with Gasteiger partial charge in [0.25, 0.3) is 5.91 Å². The van der Waals surface area contributed by atoms with Gasteiger partial charge >= 0.3 is 0 Å². The number of Topliss-reactive ketones (excluding diaryl/α,β-unsaturated/α-hetero) is 1. The van der Waals surface area contributed by atoms with Gasteiger partial charge in [-0.2, -0.15) is 0 Å². The minimum Gasteiger partial charge on any atom is -0.306 e. The van der Waals surface area contributed by atoms with Gasteiger partial charge in [0.05, 0.1) is 12.5 Å². The van der Waals surface area contributed by atoms with E-state index in [-0.39, 0.29) is 11.7 Å². The molecule has 1 N–H and O–H groups in total. The van der Waals surface area contributed by atoms with E-state index in [0.717, 1.165) is 32.4 Å². The van der Waals surface area contributed by atoms with Crippen LogP contribution in [0.25, 0.3) is 0 Å². The molecule has 0 aliphatic carbocycles. The topological polar surface area (TPSA) is 49.4 Å². The highest BCUT2D eigenvalue weighted by Gasteiger charge is 2.65. The maximum absolute atomic E-state index is 15.1. The number of hydrogen-bond acceptors (Lipinski definition) is 3. The van der Waals surface area contributed by atoms with Crippen molar-refractivity contribution in [2.75, 3.05) is 4.90 Å². The molecule has 0 unspecified atom stereocenters. The summed E-state index contributed by atoms with van der Waals surface area (Å²) in [6.07, 6.45) is 0. The van der Waals surface area contributed by atoms with Crippen LogP contribution in [0.1, 0.15) is 44.6 Å². The van der Waals surface area contributed by atoms with Crippen LogP contribution in [0.15, 0.2) is 144 Å². The molecular weight excluding hydrogens is 584 g/mol. The normalized spacial score (nSPS) is 22.8. The molecule has 0 saturated carbocycles. The van der Waals surface area contributed by atoms with Crippen molar-refractivity contribution in [1.29, 1.82) is 0 Å². The predicted molar refractivity (Wildman–Crippen MR) is 169 cm³/mol. The van der Waals surface area contributed by atoms with Crippen molar-refractivity contribution in [3.8, 4) is 0 Å². The molecule has 0 radical (unpaired) electrons. The van der Waals surface area contributed by atoms with E-state index in [1.165, 1.54) is 0 Å². The molecule has 5 aromatic rings. The van der Waals surface area contributed by atoms with Gasteiger partial charge in [-0.25, -0.2) is 0 Å². The van der Waals surface area contributed by atoms with Gasteiger partial charge in [0.2, 0.25) is 0 Å². The van der Waals surface area contributed by atoms with E-state index in [1.807, 2.05) is 126 Å². The fraction of sp³-hybridized carbons (Fsp3) is 0.135. The highest BCUT2D eigenvalue weighted by Crippen LogP contribution is 2.59. The fourth-order valence-electron chi connectivity index (χ4n) is 6.91. The van der Waals surface area contributed by atoms with Crippen LogP contribution in [0.3, 0.4) is 0 Å². The summed E-state index contributed by atoms with van der Waals surface area (Å²) >= 11 is 3.57. The Labute approximate surface area is 254 Å². The Morgan fingerprint density at radius 3 is 2.00 bits per heavy atom. The second kappa shape index (κ2) is 10.8. The number of nitrogens with one attached hydrogen (secondary N) is 1. The highest BCUT2D eigenvalue weighted by molar-refractivity contribution is 9.10. The molecule has 2 heterocycles. The third-order valence-electron chi connectivity index (χ3n) is 8.70. The van der Waals surface area contributed by atoms with Crippen LogP contribution in [0.2, 0.25) is 0 Å². The molecule has 1 spiro atoms. The molecular formula is C37H29BrN2O2. The number of amides is 1. The largest absolute Gasteiger partial charge is 0.306 e. The molecule has 4 atom stereocenters. The number of carbonyl (C=O) groups excluding carboxylic acids is 2. The summed E-state index contributed by atoms with van der Waals surface area (Å²) in [5, 5.41) is 3.85. The Kier molecular flexibility index (Phi) is 6.85. The van der Waals surface area contributed by atoms with Crippen LogP contribution in [-0.2, 0) is 16.9 Å². The summed E-state index contributed by atoms with van der Waals surface area (Å²) in [6.45, 7) is 0.446. The molecule has 4 nitrogen and oxygen atoms in total. The molecule has 7 rings (SSSR count). The van der Waals surface area contributed by atoms with E-state index in [9.17, 15) is 4.79 Å². The van der Waals surface area contributed by atoms with Crippen molar-refractivity contribution < 1.29 is 9.59 Å². The minimum absolute atomic E-state index is 0.0218. The lowest BCUT2D eigenvalue weighted by atomic mass is 9.69. The van der Waals surface area contributed by atoms with E-state index in [4.69, 9.17) is 0 Å². The molecule has 1 fully saturated rings. The van der Waals surface area contributed by atoms with Crippen molar-refractivity contribution in [2.45, 2.75) is 24.0 Å². The number of benzene rings is 5. The monoisotopic (exact) mass is 612 g/mol. The Bertz CT molecular complexity index is 1740. The smallest absolute Gasteiger partial charge is 0.252 e. The molecule has 42 heavy (non-hydrogen) atoms. The molecule has 1 amide bonds. The lowest BCUT2D eigenvalue weighted by Gasteiger charge is -2.33. The fourth-order valence-corrected chi connectivity index (χ4v) is 7.17. The second-order valence-corrected chi connectivity index (χ2v) is 11.9. The molecule has 0 bridgehead atoms. The second-order valence-electron chi connectivity index (χ2n) is 11.0. The zero-order valence-electron chi connectivity index (χ0n) is 22.9. The van der Waals surface area contributed by atoms with Crippen LogP contribution in [0.5, 0.6) is 0 Å². The van der Waals surface area contributed by atoms with E-state index in [1.54, 1.807) is 0 Å². The molecule has 5 aromatic carbocycles. The summed E-state index contributed by atoms with van der Waals surface area (Å²) in [7, 11) is 0. The maximum Gasteiger partial charge on any atom is 0.252 e. The summed E-state index contributed by atoms with van der Waals surface area (Å²) in [5.41, 5.74) is 4.27. The summed E-state index contributed by atoms with van der Waals surface area (Å²) in [5.74, 6) is -1.00.